The van der Waals surface area contributed by atoms with E-state index in [1.165, 1.54) is 0 Å². The molecule has 0 aromatic heterocycles. The molecule has 0 aromatic carbocycles. The van der Waals surface area contributed by atoms with Gasteiger partial charge in [-0.25, -0.2) is 19.8 Å². The van der Waals surface area contributed by atoms with Crippen molar-refractivity contribution in [2.75, 3.05) is 25.5 Å². The Hall–Kier alpha value is -1.92. The molecule has 6 N–H and O–H groups in total. The van der Waals surface area contributed by atoms with Crippen LogP contribution in [0.15, 0.2) is 12.2 Å². The maximum absolute atomic E-state index is 12.9. The summed E-state index contributed by atoms with van der Waals surface area (Å²) in [6, 6.07) is -1.56. The van der Waals surface area contributed by atoms with E-state index in [0.717, 1.165) is 11.4 Å². The molecular formula is C16H30N3O9PS. The third-order valence-corrected chi connectivity index (χ3v) is 7.27. The van der Waals surface area contributed by atoms with Gasteiger partial charge in [-0.15, -0.1) is 0 Å². The molecule has 0 fully saturated rings. The van der Waals surface area contributed by atoms with Crippen LogP contribution in [0.3, 0.4) is 0 Å². The Bertz CT molecular complexity index is 599. The number of ether oxygens (including phenoxy) is 2. The minimum absolute atomic E-state index is 0.234. The second-order valence-corrected chi connectivity index (χ2v) is 9.99. The van der Waals surface area contributed by atoms with Crippen LogP contribution in [-0.2, 0) is 33.2 Å². The van der Waals surface area contributed by atoms with Crippen molar-refractivity contribution in [1.29, 1.82) is 0 Å². The highest BCUT2D eigenvalue weighted by Gasteiger charge is 2.32. The van der Waals surface area contributed by atoms with Crippen LogP contribution in [0.4, 0.5) is 0 Å². The Labute approximate surface area is 179 Å². The van der Waals surface area contributed by atoms with Crippen molar-refractivity contribution in [3.63, 3.8) is 0 Å². The molecule has 0 heterocycles. The Morgan fingerprint density at radius 3 is 1.60 bits per heavy atom. The minimum atomic E-state index is -3.27. The van der Waals surface area contributed by atoms with Crippen molar-refractivity contribution in [3.05, 3.63) is 12.2 Å². The third kappa shape index (κ3) is 15.9. The van der Waals surface area contributed by atoms with Crippen LogP contribution in [-0.4, -0.2) is 71.7 Å². The molecule has 0 amide bonds. The molecule has 0 radical (unpaired) electrons. The van der Waals surface area contributed by atoms with Gasteiger partial charge in [0.05, 0.1) is 13.2 Å². The first-order valence-electron chi connectivity index (χ1n) is 8.89. The van der Waals surface area contributed by atoms with Gasteiger partial charge in [0, 0.05) is 24.4 Å². The molecule has 0 spiro atoms. The summed E-state index contributed by atoms with van der Waals surface area (Å²) < 4.78 is 22.6. The van der Waals surface area contributed by atoms with E-state index in [4.69, 9.17) is 25.4 Å². The fourth-order valence-corrected chi connectivity index (χ4v) is 5.89. The normalized spacial score (nSPS) is 14.6. The van der Waals surface area contributed by atoms with E-state index in [1.54, 1.807) is 27.7 Å². The van der Waals surface area contributed by atoms with Gasteiger partial charge in [-0.1, -0.05) is 11.4 Å². The average molecular weight is 471 g/mol. The zero-order chi connectivity index (χ0) is 23.7. The molecule has 12 nitrogen and oxygen atoms in total. The summed E-state index contributed by atoms with van der Waals surface area (Å²) in [5.74, 6) is -3.13. The lowest BCUT2D eigenvalue weighted by Crippen LogP contribution is -2.41. The van der Waals surface area contributed by atoms with E-state index in [-0.39, 0.29) is 13.2 Å². The van der Waals surface area contributed by atoms with Crippen LogP contribution in [0.1, 0.15) is 27.7 Å². The Kier molecular flexibility index (Phi) is 17.0. The number of hydrogen-bond acceptors (Lipinski definition) is 9. The van der Waals surface area contributed by atoms with E-state index < -0.39 is 42.6 Å². The SMILES string of the molecule is CCOC(=O)[C@H](C)NP(=O)(N[C@H](C)C(=O)OCC)SCCN.O=C(O)/C=C/C(=O)O. The second-order valence-electron chi connectivity index (χ2n) is 5.39. The Balaban J connectivity index is 0. The van der Waals surface area contributed by atoms with Crippen molar-refractivity contribution in [2.24, 2.45) is 5.73 Å². The molecule has 0 bridgehead atoms. The molecule has 174 valence electrons. The van der Waals surface area contributed by atoms with E-state index in [1.807, 2.05) is 0 Å². The summed E-state index contributed by atoms with van der Waals surface area (Å²) in [4.78, 5) is 42.4. The molecule has 0 aromatic rings. The molecule has 30 heavy (non-hydrogen) atoms. The van der Waals surface area contributed by atoms with E-state index in [2.05, 4.69) is 10.2 Å². The quantitative estimate of drug-likeness (QED) is 0.142. The average Bonchev–Trinajstić information content (AvgIpc) is 2.65. The van der Waals surface area contributed by atoms with E-state index >= 15 is 0 Å². The van der Waals surface area contributed by atoms with Crippen molar-refractivity contribution >= 4 is 41.9 Å². The minimum Gasteiger partial charge on any atom is -0.478 e. The first-order valence-corrected chi connectivity index (χ1v) is 12.2. The van der Waals surface area contributed by atoms with Gasteiger partial charge in [0.1, 0.15) is 12.1 Å². The number of nitrogens with one attached hydrogen (secondary N) is 2. The largest absolute Gasteiger partial charge is 0.478 e. The number of nitrogens with two attached hydrogens (primary N) is 1. The second kappa shape index (κ2) is 16.8. The molecule has 1 unspecified atom stereocenters. The number of carbonyl (C=O) groups excluding carboxylic acids is 2. The number of carboxylic acids is 2. The molecular weight excluding hydrogens is 441 g/mol. The monoisotopic (exact) mass is 471 g/mol. The smallest absolute Gasteiger partial charge is 0.328 e. The first-order chi connectivity index (χ1) is 13.9. The molecule has 0 saturated carbocycles. The highest BCUT2D eigenvalue weighted by molar-refractivity contribution is 8.56. The van der Waals surface area contributed by atoms with Gasteiger partial charge in [-0.3, -0.25) is 14.2 Å². The summed E-state index contributed by atoms with van der Waals surface area (Å²) in [5.41, 5.74) is 5.43. The topological polar surface area (TPSA) is 194 Å². The van der Waals surface area contributed by atoms with Gasteiger partial charge < -0.3 is 25.4 Å². The zero-order valence-electron chi connectivity index (χ0n) is 17.3. The maximum atomic E-state index is 12.9. The Morgan fingerprint density at radius 1 is 0.967 bits per heavy atom. The summed E-state index contributed by atoms with van der Waals surface area (Å²) in [5, 5.41) is 21.0. The highest BCUT2D eigenvalue weighted by Crippen LogP contribution is 2.51. The molecule has 0 aliphatic heterocycles. The van der Waals surface area contributed by atoms with Crippen LogP contribution >= 0.6 is 18.0 Å². The lowest BCUT2D eigenvalue weighted by Gasteiger charge is -2.25. The van der Waals surface area contributed by atoms with Gasteiger partial charge in [0.15, 0.2) is 0 Å². The molecule has 0 rings (SSSR count). The van der Waals surface area contributed by atoms with Crippen LogP contribution in [0.2, 0.25) is 0 Å². The standard InChI is InChI=1S/C12H26N3O5PS.C4H4O4/c1-5-19-11(16)9(3)14-21(18,22-8-7-13)15-10(4)12(17)20-6-2;5-3(6)1-2-4(7)8/h9-10H,5-8,13H2,1-4H3,(H2,14,15,18);1-2H,(H,5,6)(H,7,8)/b;2-1+/t9-,10+,21?;. The van der Waals surface area contributed by atoms with Crippen LogP contribution in [0.5, 0.6) is 0 Å². The predicted molar refractivity (Wildman–Crippen MR) is 112 cm³/mol. The van der Waals surface area contributed by atoms with Gasteiger partial charge >= 0.3 is 23.9 Å². The summed E-state index contributed by atoms with van der Waals surface area (Å²) in [6.07, 6.45) is 1.12. The lowest BCUT2D eigenvalue weighted by molar-refractivity contribution is -0.145. The first kappa shape index (κ1) is 30.3. The number of esters is 2. The fraction of sp³-hybridized carbons (Fsp3) is 0.625. The van der Waals surface area contributed by atoms with Gasteiger partial charge in [0.2, 0.25) is 0 Å². The van der Waals surface area contributed by atoms with Crippen molar-refractivity contribution < 1.29 is 43.4 Å². The lowest BCUT2D eigenvalue weighted by atomic mass is 10.4. The summed E-state index contributed by atoms with van der Waals surface area (Å²) in [6.45, 7) is 3.99. The number of aliphatic carboxylic acids is 2. The molecule has 0 aliphatic rings. The van der Waals surface area contributed by atoms with E-state index in [0.29, 0.717) is 24.4 Å². The summed E-state index contributed by atoms with van der Waals surface area (Å²) >= 11 is 1.04. The van der Waals surface area contributed by atoms with Gasteiger partial charge in [0.25, 0.3) is 6.65 Å². The number of hydrogen-bond donors (Lipinski definition) is 5. The van der Waals surface area contributed by atoms with Crippen molar-refractivity contribution in [3.8, 4) is 0 Å². The summed E-state index contributed by atoms with van der Waals surface area (Å²) in [7, 11) is 0. The molecule has 14 heteroatoms. The zero-order valence-corrected chi connectivity index (χ0v) is 19.0. The van der Waals surface area contributed by atoms with E-state index in [9.17, 15) is 23.7 Å². The third-order valence-electron chi connectivity index (χ3n) is 2.77. The fourth-order valence-electron chi connectivity index (χ4n) is 1.59. The van der Waals surface area contributed by atoms with Gasteiger partial charge in [-0.2, -0.15) is 0 Å². The van der Waals surface area contributed by atoms with Crippen molar-refractivity contribution in [2.45, 2.75) is 39.8 Å². The van der Waals surface area contributed by atoms with Crippen molar-refractivity contribution in [1.82, 2.24) is 10.2 Å². The molecule has 0 saturated heterocycles. The van der Waals surface area contributed by atoms with Gasteiger partial charge in [-0.05, 0) is 27.7 Å². The number of rotatable bonds is 13. The highest BCUT2D eigenvalue weighted by atomic mass is 32.7. The van der Waals surface area contributed by atoms with Crippen LogP contribution < -0.4 is 15.9 Å². The molecule has 3 atom stereocenters. The predicted octanol–water partition coefficient (Wildman–Crippen LogP) is 0.581. The molecule has 0 aliphatic carbocycles. The van der Waals surface area contributed by atoms with Crippen LogP contribution in [0.25, 0.3) is 0 Å². The Morgan fingerprint density at radius 2 is 1.33 bits per heavy atom. The maximum Gasteiger partial charge on any atom is 0.328 e. The number of carbonyl (C=O) groups is 4. The number of carboxylic acid groups (broad SMARTS) is 2. The van der Waals surface area contributed by atoms with Crippen LogP contribution in [0, 0.1) is 0 Å².